The summed E-state index contributed by atoms with van der Waals surface area (Å²) in [6.45, 7) is 0.257. The molecule has 0 unspecified atom stereocenters. The number of hydrogen-bond acceptors (Lipinski definition) is 4. The summed E-state index contributed by atoms with van der Waals surface area (Å²) in [4.78, 5) is 28.0. The number of fused-ring (bicyclic) bond motifs is 1. The van der Waals surface area contributed by atoms with Crippen molar-refractivity contribution in [2.24, 2.45) is 0 Å². The van der Waals surface area contributed by atoms with Gasteiger partial charge in [0.1, 0.15) is 5.52 Å². The van der Waals surface area contributed by atoms with E-state index in [-0.39, 0.29) is 18.4 Å². The van der Waals surface area contributed by atoms with Gasteiger partial charge in [-0.1, -0.05) is 6.07 Å². The van der Waals surface area contributed by atoms with Gasteiger partial charge in [-0.3, -0.25) is 14.5 Å². The molecule has 17 heavy (non-hydrogen) atoms. The first-order valence-corrected chi connectivity index (χ1v) is 5.10. The van der Waals surface area contributed by atoms with Gasteiger partial charge < -0.3 is 4.42 Å². The first-order chi connectivity index (χ1) is 8.24. The lowest BCUT2D eigenvalue weighted by atomic mass is 10.2. The summed E-state index contributed by atoms with van der Waals surface area (Å²) in [5.41, 5.74) is 2.25. The Morgan fingerprint density at radius 2 is 1.94 bits per heavy atom. The highest BCUT2D eigenvalue weighted by atomic mass is 16.3. The van der Waals surface area contributed by atoms with E-state index in [9.17, 15) is 9.59 Å². The summed E-state index contributed by atoms with van der Waals surface area (Å²) < 4.78 is 5.11. The van der Waals surface area contributed by atoms with Gasteiger partial charge in [-0.05, 0) is 17.7 Å². The highest BCUT2D eigenvalue weighted by molar-refractivity contribution is 6.12. The monoisotopic (exact) mass is 228 g/mol. The number of aromatic nitrogens is 1. The van der Waals surface area contributed by atoms with Crippen LogP contribution in [0, 0.1) is 0 Å². The van der Waals surface area contributed by atoms with Gasteiger partial charge in [-0.15, -0.1) is 0 Å². The molecule has 1 aliphatic rings. The molecule has 0 atom stereocenters. The van der Waals surface area contributed by atoms with E-state index in [1.54, 1.807) is 12.1 Å². The molecule has 0 spiro atoms. The normalized spacial score (nSPS) is 15.2. The fourth-order valence-corrected chi connectivity index (χ4v) is 1.77. The molecular formula is C12H8N2O3. The van der Waals surface area contributed by atoms with E-state index in [1.807, 2.05) is 6.07 Å². The Bertz CT molecular complexity index is 624. The Morgan fingerprint density at radius 3 is 2.71 bits per heavy atom. The number of amides is 2. The molecule has 5 heteroatoms. The number of oxazole rings is 1. The van der Waals surface area contributed by atoms with Gasteiger partial charge in [0.05, 0.1) is 6.54 Å². The molecule has 1 aromatic carbocycles. The number of nitrogens with zero attached hydrogens (tertiary/aromatic N) is 2. The molecule has 1 aliphatic heterocycles. The molecule has 1 aromatic heterocycles. The standard InChI is InChI=1S/C12H8N2O3/c15-11-3-4-12(16)14(11)6-8-1-2-10-9(5-8)13-7-17-10/h1-5,7H,6H2. The largest absolute Gasteiger partial charge is 0.443 e. The molecule has 0 bridgehead atoms. The van der Waals surface area contributed by atoms with E-state index in [1.165, 1.54) is 23.4 Å². The molecule has 0 N–H and O–H groups in total. The van der Waals surface area contributed by atoms with Crippen molar-refractivity contribution in [2.45, 2.75) is 6.54 Å². The first-order valence-electron chi connectivity index (χ1n) is 5.10. The fourth-order valence-electron chi connectivity index (χ4n) is 1.77. The summed E-state index contributed by atoms with van der Waals surface area (Å²) in [5.74, 6) is -0.564. The second-order valence-corrected chi connectivity index (χ2v) is 3.75. The molecule has 0 radical (unpaired) electrons. The van der Waals surface area contributed by atoms with Gasteiger partial charge in [-0.2, -0.15) is 0 Å². The minimum Gasteiger partial charge on any atom is -0.443 e. The zero-order chi connectivity index (χ0) is 11.8. The van der Waals surface area contributed by atoms with Crippen LogP contribution in [0.4, 0.5) is 0 Å². The number of benzene rings is 1. The highest BCUT2D eigenvalue weighted by Gasteiger charge is 2.23. The molecule has 0 saturated carbocycles. The van der Waals surface area contributed by atoms with E-state index in [2.05, 4.69) is 4.98 Å². The van der Waals surface area contributed by atoms with Crippen molar-refractivity contribution < 1.29 is 14.0 Å². The molecular weight excluding hydrogens is 220 g/mol. The van der Waals surface area contributed by atoms with Gasteiger partial charge >= 0.3 is 0 Å². The van der Waals surface area contributed by atoms with E-state index < -0.39 is 0 Å². The van der Waals surface area contributed by atoms with Crippen LogP contribution >= 0.6 is 0 Å². The number of rotatable bonds is 2. The van der Waals surface area contributed by atoms with Crippen LogP contribution in [-0.2, 0) is 16.1 Å². The van der Waals surface area contributed by atoms with E-state index in [0.717, 1.165) is 11.1 Å². The molecule has 2 amide bonds. The average Bonchev–Trinajstić information content (AvgIpc) is 2.90. The summed E-state index contributed by atoms with van der Waals surface area (Å²) in [5, 5.41) is 0. The van der Waals surface area contributed by atoms with Crippen LogP contribution in [0.1, 0.15) is 5.56 Å². The smallest absolute Gasteiger partial charge is 0.253 e. The Kier molecular flexibility index (Phi) is 2.04. The minimum atomic E-state index is -0.282. The predicted molar refractivity (Wildman–Crippen MR) is 58.7 cm³/mol. The molecule has 3 rings (SSSR count). The zero-order valence-corrected chi connectivity index (χ0v) is 8.79. The lowest BCUT2D eigenvalue weighted by Gasteiger charge is -2.13. The van der Waals surface area contributed by atoms with Crippen molar-refractivity contribution in [1.29, 1.82) is 0 Å². The lowest BCUT2D eigenvalue weighted by molar-refractivity contribution is -0.137. The third-order valence-electron chi connectivity index (χ3n) is 2.64. The van der Waals surface area contributed by atoms with Gasteiger partial charge in [0.2, 0.25) is 0 Å². The quantitative estimate of drug-likeness (QED) is 0.726. The van der Waals surface area contributed by atoms with Crippen LogP contribution < -0.4 is 0 Å². The minimum absolute atomic E-state index is 0.257. The van der Waals surface area contributed by atoms with Crippen LogP contribution in [0.2, 0.25) is 0 Å². The first kappa shape index (κ1) is 9.77. The highest BCUT2D eigenvalue weighted by Crippen LogP contribution is 2.17. The van der Waals surface area contributed by atoms with Crippen molar-refractivity contribution in [3.8, 4) is 0 Å². The van der Waals surface area contributed by atoms with Gasteiger partial charge in [0, 0.05) is 12.2 Å². The summed E-state index contributed by atoms with van der Waals surface area (Å²) in [6.07, 6.45) is 3.91. The van der Waals surface area contributed by atoms with Crippen molar-refractivity contribution >= 4 is 22.9 Å². The molecule has 0 aliphatic carbocycles. The summed E-state index contributed by atoms with van der Waals surface area (Å²) in [7, 11) is 0. The SMILES string of the molecule is O=C1C=CC(=O)N1Cc1ccc2ocnc2c1. The summed E-state index contributed by atoms with van der Waals surface area (Å²) >= 11 is 0. The Labute approximate surface area is 96.3 Å². The topological polar surface area (TPSA) is 63.4 Å². The van der Waals surface area contributed by atoms with Crippen molar-refractivity contribution in [1.82, 2.24) is 9.88 Å². The molecule has 84 valence electrons. The van der Waals surface area contributed by atoms with Crippen LogP contribution in [-0.4, -0.2) is 21.7 Å². The molecule has 0 fully saturated rings. The number of imide groups is 1. The van der Waals surface area contributed by atoms with E-state index in [4.69, 9.17) is 4.42 Å². The zero-order valence-electron chi connectivity index (χ0n) is 8.79. The predicted octanol–water partition coefficient (Wildman–Crippen LogP) is 1.25. The maximum Gasteiger partial charge on any atom is 0.253 e. The van der Waals surface area contributed by atoms with Gasteiger partial charge in [-0.25, -0.2) is 4.98 Å². The Balaban J connectivity index is 1.89. The molecule has 5 nitrogen and oxygen atoms in total. The van der Waals surface area contributed by atoms with Gasteiger partial charge in [0.25, 0.3) is 11.8 Å². The third kappa shape index (κ3) is 1.61. The van der Waals surface area contributed by atoms with Crippen LogP contribution in [0.5, 0.6) is 0 Å². The van der Waals surface area contributed by atoms with E-state index in [0.29, 0.717) is 5.58 Å². The number of carbonyl (C=O) groups excluding carboxylic acids is 2. The fraction of sp³-hybridized carbons (Fsp3) is 0.0833. The number of carbonyl (C=O) groups is 2. The second kappa shape index (κ2) is 3.55. The van der Waals surface area contributed by atoms with Crippen molar-refractivity contribution in [3.63, 3.8) is 0 Å². The maximum absolute atomic E-state index is 11.4. The van der Waals surface area contributed by atoms with Crippen molar-refractivity contribution in [2.75, 3.05) is 0 Å². The van der Waals surface area contributed by atoms with Crippen molar-refractivity contribution in [3.05, 3.63) is 42.3 Å². The van der Waals surface area contributed by atoms with Crippen LogP contribution in [0.25, 0.3) is 11.1 Å². The molecule has 2 aromatic rings. The van der Waals surface area contributed by atoms with Crippen LogP contribution in [0.15, 0.2) is 41.2 Å². The van der Waals surface area contributed by atoms with Gasteiger partial charge in [0.15, 0.2) is 12.0 Å². The molecule has 2 heterocycles. The third-order valence-corrected chi connectivity index (χ3v) is 2.64. The van der Waals surface area contributed by atoms with Crippen LogP contribution in [0.3, 0.4) is 0 Å². The maximum atomic E-state index is 11.4. The Hall–Kier alpha value is -2.43. The number of hydrogen-bond donors (Lipinski definition) is 0. The average molecular weight is 228 g/mol. The molecule has 0 saturated heterocycles. The van der Waals surface area contributed by atoms with E-state index >= 15 is 0 Å². The Morgan fingerprint density at radius 1 is 1.18 bits per heavy atom. The second-order valence-electron chi connectivity index (χ2n) is 3.75. The summed E-state index contributed by atoms with van der Waals surface area (Å²) in [6, 6.07) is 5.39. The lowest BCUT2D eigenvalue weighted by Crippen LogP contribution is -2.29.